The van der Waals surface area contributed by atoms with Crippen LogP contribution in [-0.2, 0) is 16.6 Å². The van der Waals surface area contributed by atoms with Gasteiger partial charge >= 0.3 is 5.69 Å². The number of hydrogen-bond acceptors (Lipinski definition) is 10. The molecule has 0 saturated carbocycles. The lowest BCUT2D eigenvalue weighted by Gasteiger charge is -2.44. The minimum absolute atomic E-state index is 0.00568. The number of aromatic nitrogens is 3. The van der Waals surface area contributed by atoms with Crippen molar-refractivity contribution in [2.45, 2.75) is 69.6 Å². The lowest BCUT2D eigenvalue weighted by Crippen LogP contribution is -2.55. The zero-order chi connectivity index (χ0) is 36.8. The second-order valence-electron chi connectivity index (χ2n) is 16.0. The molecule has 3 aromatic heterocycles. The van der Waals surface area contributed by atoms with Gasteiger partial charge in [-0.25, -0.2) is 9.78 Å². The predicted octanol–water partition coefficient (Wildman–Crippen LogP) is 4.19. The van der Waals surface area contributed by atoms with Gasteiger partial charge in [-0.2, -0.15) is 0 Å². The molecule has 5 aliphatic rings. The van der Waals surface area contributed by atoms with Gasteiger partial charge in [-0.1, -0.05) is 0 Å². The molecule has 4 saturated heterocycles. The van der Waals surface area contributed by atoms with Crippen LogP contribution in [-0.4, -0.2) is 94.1 Å². The Bertz CT molecular complexity index is 2410. The summed E-state index contributed by atoms with van der Waals surface area (Å²) in [5, 5.41) is 11.2. The first-order chi connectivity index (χ1) is 26.2. The summed E-state index contributed by atoms with van der Waals surface area (Å²) in [6.45, 7) is 7.87. The third-order valence-electron chi connectivity index (χ3n) is 12.6. The van der Waals surface area contributed by atoms with Gasteiger partial charge in [0.15, 0.2) is 0 Å². The van der Waals surface area contributed by atoms with Crippen molar-refractivity contribution >= 4 is 78.3 Å². The average molecular weight is 748 g/mol. The largest absolute Gasteiger partial charge is 0.381 e. The molecular weight excluding hydrogens is 703 g/mol. The molecular formula is C40H45N9O4S. The van der Waals surface area contributed by atoms with E-state index in [2.05, 4.69) is 67.0 Å². The van der Waals surface area contributed by atoms with Crippen molar-refractivity contribution in [3.05, 3.63) is 57.8 Å². The normalized spacial score (nSPS) is 25.3. The molecule has 3 unspecified atom stereocenters. The molecule has 13 nitrogen and oxygen atoms in total. The number of likely N-dealkylation sites (tertiary alicyclic amines) is 1. The highest BCUT2D eigenvalue weighted by Crippen LogP contribution is 2.42. The van der Waals surface area contributed by atoms with Gasteiger partial charge in [-0.05, 0) is 87.4 Å². The van der Waals surface area contributed by atoms with Crippen molar-refractivity contribution in [3.63, 3.8) is 0 Å². The minimum Gasteiger partial charge on any atom is -0.381 e. The SMILES string of the molecule is C[C@@H]1CNc2c(sc3ccc4nc(N5C6CCC5CN(CC5CCN(c7ccc8c(c7)n(C)c(=O)n8C7CCC(=O)NC7=O)CC5)C6)ccc4c23)C(=O)N1. The van der Waals surface area contributed by atoms with Gasteiger partial charge in [-0.3, -0.25) is 33.7 Å². The van der Waals surface area contributed by atoms with E-state index in [0.717, 1.165) is 99.7 Å². The Hall–Kier alpha value is -4.95. The third-order valence-corrected chi connectivity index (χ3v) is 13.7. The van der Waals surface area contributed by atoms with E-state index in [-0.39, 0.29) is 30.0 Å². The minimum atomic E-state index is -0.678. The summed E-state index contributed by atoms with van der Waals surface area (Å²) in [5.41, 5.74) is 4.29. The molecule has 5 aromatic rings. The van der Waals surface area contributed by atoms with Crippen LogP contribution in [0.4, 0.5) is 17.2 Å². The van der Waals surface area contributed by atoms with Gasteiger partial charge in [0.2, 0.25) is 11.8 Å². The summed E-state index contributed by atoms with van der Waals surface area (Å²) in [6, 6.07) is 15.0. The Morgan fingerprint density at radius 3 is 2.48 bits per heavy atom. The lowest BCUT2D eigenvalue weighted by molar-refractivity contribution is -0.135. The van der Waals surface area contributed by atoms with Gasteiger partial charge in [0.25, 0.3) is 5.91 Å². The van der Waals surface area contributed by atoms with E-state index < -0.39 is 11.9 Å². The second-order valence-corrected chi connectivity index (χ2v) is 17.1. The van der Waals surface area contributed by atoms with Crippen molar-refractivity contribution < 1.29 is 14.4 Å². The van der Waals surface area contributed by atoms with Crippen LogP contribution >= 0.6 is 11.3 Å². The van der Waals surface area contributed by atoms with E-state index >= 15 is 0 Å². The number of piperazine rings is 1. The number of thiophene rings is 1. The van der Waals surface area contributed by atoms with Gasteiger partial charge in [-0.15, -0.1) is 11.3 Å². The molecule has 2 aromatic carbocycles. The highest BCUT2D eigenvalue weighted by Gasteiger charge is 2.41. The summed E-state index contributed by atoms with van der Waals surface area (Å²) in [7, 11) is 1.75. The lowest BCUT2D eigenvalue weighted by atomic mass is 9.95. The maximum Gasteiger partial charge on any atom is 0.329 e. The molecule has 0 aliphatic carbocycles. The molecule has 14 heteroatoms. The van der Waals surface area contributed by atoms with Gasteiger partial charge in [0.1, 0.15) is 16.7 Å². The van der Waals surface area contributed by atoms with Crippen molar-refractivity contribution in [1.82, 2.24) is 29.7 Å². The molecule has 5 aliphatic heterocycles. The maximum atomic E-state index is 13.3. The zero-order valence-electron chi connectivity index (χ0n) is 30.6. The fourth-order valence-electron chi connectivity index (χ4n) is 9.89. The Morgan fingerprint density at radius 1 is 0.907 bits per heavy atom. The number of hydrogen-bond donors (Lipinski definition) is 3. The van der Waals surface area contributed by atoms with Crippen LogP contribution < -0.4 is 31.4 Å². The smallest absolute Gasteiger partial charge is 0.329 e. The summed E-state index contributed by atoms with van der Waals surface area (Å²) >= 11 is 1.55. The molecule has 3 amide bonds. The van der Waals surface area contributed by atoms with E-state index in [0.29, 0.717) is 31.0 Å². The molecule has 0 spiro atoms. The Labute approximate surface area is 316 Å². The van der Waals surface area contributed by atoms with Crippen molar-refractivity contribution in [2.24, 2.45) is 13.0 Å². The molecule has 4 fully saturated rings. The fourth-order valence-corrected chi connectivity index (χ4v) is 11.0. The molecule has 2 bridgehead atoms. The number of aryl methyl sites for hydroxylation is 1. The number of imidazole rings is 1. The van der Waals surface area contributed by atoms with Gasteiger partial charge in [0.05, 0.1) is 22.2 Å². The number of imide groups is 1. The summed E-state index contributed by atoms with van der Waals surface area (Å²) in [5.74, 6) is 0.989. The maximum absolute atomic E-state index is 13.3. The Morgan fingerprint density at radius 2 is 1.70 bits per heavy atom. The summed E-state index contributed by atoms with van der Waals surface area (Å²) in [4.78, 5) is 64.2. The Balaban J connectivity index is 0.800. The van der Waals surface area contributed by atoms with E-state index in [4.69, 9.17) is 4.98 Å². The number of piperidine rings is 2. The number of amides is 3. The van der Waals surface area contributed by atoms with E-state index in [1.54, 1.807) is 27.5 Å². The molecule has 10 rings (SSSR count). The molecule has 3 N–H and O–H groups in total. The number of pyridine rings is 1. The Kier molecular flexibility index (Phi) is 7.99. The zero-order valence-corrected chi connectivity index (χ0v) is 31.5. The highest BCUT2D eigenvalue weighted by molar-refractivity contribution is 7.21. The van der Waals surface area contributed by atoms with Crippen LogP contribution in [0.2, 0.25) is 0 Å². The van der Waals surface area contributed by atoms with E-state index in [1.165, 1.54) is 12.8 Å². The molecule has 0 radical (unpaired) electrons. The van der Waals surface area contributed by atoms with Crippen LogP contribution in [0.1, 0.15) is 61.2 Å². The number of carbonyl (C=O) groups excluding carboxylic acids is 3. The van der Waals surface area contributed by atoms with Crippen LogP contribution in [0.15, 0.2) is 47.3 Å². The third kappa shape index (κ3) is 5.47. The monoisotopic (exact) mass is 747 g/mol. The number of rotatable bonds is 5. The first-order valence-electron chi connectivity index (χ1n) is 19.4. The highest BCUT2D eigenvalue weighted by atomic mass is 32.1. The average Bonchev–Trinajstić information content (AvgIpc) is 3.73. The number of anilines is 3. The quantitative estimate of drug-likeness (QED) is 0.226. The van der Waals surface area contributed by atoms with Crippen LogP contribution in [0.25, 0.3) is 32.0 Å². The number of nitrogens with one attached hydrogen (secondary N) is 3. The number of carbonyl (C=O) groups is 3. The predicted molar refractivity (Wildman–Crippen MR) is 212 cm³/mol. The number of fused-ring (bicyclic) bond motifs is 8. The van der Waals surface area contributed by atoms with E-state index in [9.17, 15) is 19.2 Å². The number of nitrogens with zero attached hydrogens (tertiary/aromatic N) is 6. The summed E-state index contributed by atoms with van der Waals surface area (Å²) < 4.78 is 4.27. The van der Waals surface area contributed by atoms with Crippen molar-refractivity contribution in [3.8, 4) is 0 Å². The van der Waals surface area contributed by atoms with Crippen LogP contribution in [0.5, 0.6) is 0 Å². The van der Waals surface area contributed by atoms with Gasteiger partial charge < -0.3 is 20.4 Å². The fraction of sp³-hybridized carbons (Fsp3) is 0.475. The summed E-state index contributed by atoms with van der Waals surface area (Å²) in [6.07, 6.45) is 5.16. The van der Waals surface area contributed by atoms with Crippen molar-refractivity contribution in [1.29, 1.82) is 0 Å². The van der Waals surface area contributed by atoms with Crippen molar-refractivity contribution in [2.75, 3.05) is 54.4 Å². The molecule has 280 valence electrons. The van der Waals surface area contributed by atoms with Crippen LogP contribution in [0, 0.1) is 5.92 Å². The first kappa shape index (κ1) is 33.6. The molecule has 54 heavy (non-hydrogen) atoms. The van der Waals surface area contributed by atoms with Gasteiger partial charge in [0, 0.05) is 92.0 Å². The topological polar surface area (TPSA) is 137 Å². The molecule has 4 atom stereocenters. The standard InChI is InChI=1S/C40H45N9O4S/c1-22-18-41-36-35-27-6-11-33(43-28(27)7-10-32(35)54-37(36)39(52)42-22)48-25-3-4-26(48)21-46(20-25)19-23-13-15-47(16-14-23)24-5-8-29-31(17-24)45(2)40(53)49(29)30-9-12-34(50)44-38(30)51/h5-8,10-11,17,22-23,25-26,30,41H,3-4,9,12-16,18-21H2,1-2H3,(H,42,52)(H,44,50,51)/t22-,25?,26?,30?/m1/s1. The first-order valence-corrected chi connectivity index (χ1v) is 20.2. The number of benzene rings is 2. The van der Waals surface area contributed by atoms with E-state index in [1.807, 2.05) is 13.0 Å². The molecule has 8 heterocycles. The second kappa shape index (κ2) is 12.8. The van der Waals surface area contributed by atoms with Crippen LogP contribution in [0.3, 0.4) is 0 Å².